The summed E-state index contributed by atoms with van der Waals surface area (Å²) in [6.07, 6.45) is 3.61. The minimum atomic E-state index is 0.180. The van der Waals surface area contributed by atoms with Gasteiger partial charge in [0.05, 0.1) is 25.0 Å². The Hall–Kier alpha value is -2.12. The van der Waals surface area contributed by atoms with Crippen molar-refractivity contribution in [3.8, 4) is 0 Å². The van der Waals surface area contributed by atoms with Crippen LogP contribution in [0.2, 0.25) is 0 Å². The molecule has 2 aromatic heterocycles. The van der Waals surface area contributed by atoms with Gasteiger partial charge in [-0.3, -0.25) is 0 Å². The van der Waals surface area contributed by atoms with E-state index in [-0.39, 0.29) is 6.10 Å². The zero-order chi connectivity index (χ0) is 16.2. The molecule has 0 aromatic carbocycles. The Morgan fingerprint density at radius 2 is 2.26 bits per heavy atom. The second-order valence-electron chi connectivity index (χ2n) is 5.88. The van der Waals surface area contributed by atoms with Crippen LogP contribution in [0.3, 0.4) is 0 Å². The van der Waals surface area contributed by atoms with Crippen LogP contribution in [-0.2, 0) is 11.3 Å². The zero-order valence-corrected chi connectivity index (χ0v) is 13.8. The van der Waals surface area contributed by atoms with E-state index in [1.165, 1.54) is 0 Å². The first kappa shape index (κ1) is 15.8. The molecule has 0 unspecified atom stereocenters. The van der Waals surface area contributed by atoms with Gasteiger partial charge < -0.3 is 24.3 Å². The molecule has 0 aliphatic carbocycles. The van der Waals surface area contributed by atoms with Gasteiger partial charge in [0, 0.05) is 26.4 Å². The van der Waals surface area contributed by atoms with Crippen LogP contribution >= 0.6 is 0 Å². The molecular formula is C16H23N5O2. The van der Waals surface area contributed by atoms with Crippen LogP contribution < -0.4 is 10.2 Å². The molecule has 1 fully saturated rings. The first-order valence-corrected chi connectivity index (χ1v) is 7.71. The Morgan fingerprint density at radius 1 is 1.39 bits per heavy atom. The number of aromatic nitrogens is 2. The molecule has 0 amide bonds. The standard InChI is InChI=1S/C16H23N5O2/c1-20(2)13-10-21(11-14(13)22-3)15-6-7-17-16(19-15)18-9-12-5-4-8-23-12/h4-8,13-14H,9-11H2,1-3H3,(H,17,18,19)/t13-,14+/m0/s1. The van der Waals surface area contributed by atoms with E-state index >= 15 is 0 Å². The van der Waals surface area contributed by atoms with Crippen LogP contribution in [0.5, 0.6) is 0 Å². The third-order valence-corrected chi connectivity index (χ3v) is 4.17. The van der Waals surface area contributed by atoms with E-state index in [9.17, 15) is 0 Å². The zero-order valence-electron chi connectivity index (χ0n) is 13.8. The second kappa shape index (κ2) is 6.97. The van der Waals surface area contributed by atoms with Crippen LogP contribution in [0.25, 0.3) is 0 Å². The molecule has 7 nitrogen and oxygen atoms in total. The molecule has 0 spiro atoms. The van der Waals surface area contributed by atoms with Gasteiger partial charge in [-0.15, -0.1) is 0 Å². The molecule has 1 saturated heterocycles. The van der Waals surface area contributed by atoms with Crippen LogP contribution in [0, 0.1) is 0 Å². The molecule has 3 heterocycles. The number of anilines is 2. The average molecular weight is 317 g/mol. The van der Waals surface area contributed by atoms with Gasteiger partial charge >= 0.3 is 0 Å². The Morgan fingerprint density at radius 3 is 2.91 bits per heavy atom. The summed E-state index contributed by atoms with van der Waals surface area (Å²) in [7, 11) is 5.92. The molecule has 2 aromatic rings. The maximum atomic E-state index is 5.61. The lowest BCUT2D eigenvalue weighted by molar-refractivity contribution is 0.0639. The summed E-state index contributed by atoms with van der Waals surface area (Å²) >= 11 is 0. The predicted molar refractivity (Wildman–Crippen MR) is 88.6 cm³/mol. The van der Waals surface area contributed by atoms with Crippen molar-refractivity contribution in [2.45, 2.75) is 18.7 Å². The van der Waals surface area contributed by atoms with E-state index in [4.69, 9.17) is 9.15 Å². The van der Waals surface area contributed by atoms with E-state index in [1.807, 2.05) is 18.2 Å². The van der Waals surface area contributed by atoms with Crippen LogP contribution in [-0.4, -0.2) is 61.3 Å². The first-order valence-electron chi connectivity index (χ1n) is 7.71. The molecule has 1 aliphatic rings. The minimum absolute atomic E-state index is 0.180. The van der Waals surface area contributed by atoms with Crippen molar-refractivity contribution in [3.05, 3.63) is 36.4 Å². The van der Waals surface area contributed by atoms with Gasteiger partial charge in [0.2, 0.25) is 5.95 Å². The van der Waals surface area contributed by atoms with E-state index in [0.29, 0.717) is 18.5 Å². The number of nitrogens with one attached hydrogen (secondary N) is 1. The van der Waals surface area contributed by atoms with Gasteiger partial charge in [-0.25, -0.2) is 4.98 Å². The summed E-state index contributed by atoms with van der Waals surface area (Å²) in [6.45, 7) is 2.28. The van der Waals surface area contributed by atoms with Crippen LogP contribution in [0.15, 0.2) is 35.1 Å². The van der Waals surface area contributed by atoms with Gasteiger partial charge in [-0.05, 0) is 32.3 Å². The summed E-state index contributed by atoms with van der Waals surface area (Å²) in [6, 6.07) is 6.07. The Balaban J connectivity index is 1.67. The smallest absolute Gasteiger partial charge is 0.224 e. The highest BCUT2D eigenvalue weighted by atomic mass is 16.5. The molecule has 7 heteroatoms. The van der Waals surface area contributed by atoms with Gasteiger partial charge in [0.15, 0.2) is 0 Å². The van der Waals surface area contributed by atoms with Crippen molar-refractivity contribution >= 4 is 11.8 Å². The lowest BCUT2D eigenvalue weighted by atomic mass is 10.2. The molecule has 23 heavy (non-hydrogen) atoms. The van der Waals surface area contributed by atoms with Crippen molar-refractivity contribution < 1.29 is 9.15 Å². The van der Waals surface area contributed by atoms with Crippen molar-refractivity contribution in [1.29, 1.82) is 0 Å². The Kier molecular flexibility index (Phi) is 4.78. The highest BCUT2D eigenvalue weighted by Crippen LogP contribution is 2.23. The van der Waals surface area contributed by atoms with E-state index in [2.05, 4.69) is 39.2 Å². The highest BCUT2D eigenvalue weighted by Gasteiger charge is 2.34. The molecule has 0 saturated carbocycles. The fraction of sp³-hybridized carbons (Fsp3) is 0.500. The van der Waals surface area contributed by atoms with Gasteiger partial charge in [-0.1, -0.05) is 0 Å². The van der Waals surface area contributed by atoms with E-state index < -0.39 is 0 Å². The quantitative estimate of drug-likeness (QED) is 0.865. The summed E-state index contributed by atoms with van der Waals surface area (Å²) in [5.74, 6) is 2.36. The number of hydrogen-bond acceptors (Lipinski definition) is 7. The fourth-order valence-electron chi connectivity index (χ4n) is 2.86. The number of methoxy groups -OCH3 is 1. The largest absolute Gasteiger partial charge is 0.467 e. The molecule has 0 bridgehead atoms. The number of rotatable bonds is 6. The molecule has 124 valence electrons. The molecule has 2 atom stereocenters. The van der Waals surface area contributed by atoms with Crippen molar-refractivity contribution in [1.82, 2.24) is 14.9 Å². The summed E-state index contributed by atoms with van der Waals surface area (Å²) in [4.78, 5) is 13.3. The molecule has 1 aliphatic heterocycles. The van der Waals surface area contributed by atoms with Crippen molar-refractivity contribution in [3.63, 3.8) is 0 Å². The lowest BCUT2D eigenvalue weighted by Gasteiger charge is -2.23. The number of furan rings is 1. The number of likely N-dealkylation sites (N-methyl/N-ethyl adjacent to an activating group) is 1. The lowest BCUT2D eigenvalue weighted by Crippen LogP contribution is -2.39. The normalized spacial score (nSPS) is 21.1. The van der Waals surface area contributed by atoms with Gasteiger partial charge in [0.1, 0.15) is 11.6 Å². The fourth-order valence-corrected chi connectivity index (χ4v) is 2.86. The highest BCUT2D eigenvalue weighted by molar-refractivity contribution is 5.44. The minimum Gasteiger partial charge on any atom is -0.467 e. The molecule has 0 radical (unpaired) electrons. The molecular weight excluding hydrogens is 294 g/mol. The summed E-state index contributed by atoms with van der Waals surface area (Å²) in [5, 5.41) is 3.19. The maximum absolute atomic E-state index is 5.61. The van der Waals surface area contributed by atoms with Crippen molar-refractivity contribution in [2.75, 3.05) is 44.5 Å². The molecule has 3 rings (SSSR count). The van der Waals surface area contributed by atoms with Crippen LogP contribution in [0.1, 0.15) is 5.76 Å². The predicted octanol–water partition coefficient (Wildman–Crippen LogP) is 1.45. The maximum Gasteiger partial charge on any atom is 0.224 e. The number of ether oxygens (including phenoxy) is 1. The van der Waals surface area contributed by atoms with Crippen LogP contribution in [0.4, 0.5) is 11.8 Å². The Labute approximate surface area is 136 Å². The van der Waals surface area contributed by atoms with Crippen molar-refractivity contribution in [2.24, 2.45) is 0 Å². The number of nitrogens with zero attached hydrogens (tertiary/aromatic N) is 4. The first-order chi connectivity index (χ1) is 11.2. The number of hydrogen-bond donors (Lipinski definition) is 1. The van der Waals surface area contributed by atoms with Gasteiger partial charge in [-0.2, -0.15) is 4.98 Å². The topological polar surface area (TPSA) is 66.7 Å². The van der Waals surface area contributed by atoms with E-state index in [1.54, 1.807) is 19.6 Å². The van der Waals surface area contributed by atoms with Gasteiger partial charge in [0.25, 0.3) is 0 Å². The monoisotopic (exact) mass is 317 g/mol. The summed E-state index contributed by atoms with van der Waals surface area (Å²) < 4.78 is 10.9. The second-order valence-corrected chi connectivity index (χ2v) is 5.88. The average Bonchev–Trinajstić information content (AvgIpc) is 3.22. The molecule has 1 N–H and O–H groups in total. The Bertz CT molecular complexity index is 617. The summed E-state index contributed by atoms with van der Waals surface area (Å²) in [5.41, 5.74) is 0. The third-order valence-electron chi connectivity index (χ3n) is 4.17. The SMILES string of the molecule is CO[C@@H]1CN(c2ccnc(NCc3ccco3)n2)C[C@@H]1N(C)C. The van der Waals surface area contributed by atoms with E-state index in [0.717, 1.165) is 24.7 Å². The third kappa shape index (κ3) is 3.62.